The van der Waals surface area contributed by atoms with Crippen molar-refractivity contribution in [3.63, 3.8) is 0 Å². The summed E-state index contributed by atoms with van der Waals surface area (Å²) < 4.78 is 50.6. The molecule has 0 saturated carbocycles. The standard InChI is InChI=1S/C15H10F4N2OS/c16-11-6-4-9(5-7-11)13(22)21-14(23)20-12-3-1-2-10(8-12)15(17,18)19/h1-8H,(H2,20,21,22,23). The van der Waals surface area contributed by atoms with Crippen LogP contribution in [0.5, 0.6) is 0 Å². The summed E-state index contributed by atoms with van der Waals surface area (Å²) in [7, 11) is 0. The molecule has 0 aliphatic carbocycles. The van der Waals surface area contributed by atoms with Gasteiger partial charge >= 0.3 is 6.18 Å². The van der Waals surface area contributed by atoms with Crippen LogP contribution in [0.1, 0.15) is 15.9 Å². The van der Waals surface area contributed by atoms with E-state index in [9.17, 15) is 22.4 Å². The third-order valence-electron chi connectivity index (χ3n) is 2.78. The molecule has 0 aromatic heterocycles. The van der Waals surface area contributed by atoms with Crippen LogP contribution in [0.15, 0.2) is 48.5 Å². The van der Waals surface area contributed by atoms with E-state index in [4.69, 9.17) is 12.2 Å². The quantitative estimate of drug-likeness (QED) is 0.641. The number of halogens is 4. The van der Waals surface area contributed by atoms with Crippen LogP contribution in [-0.2, 0) is 6.18 Å². The second kappa shape index (κ2) is 6.74. The predicted octanol–water partition coefficient (Wildman–Crippen LogP) is 3.97. The van der Waals surface area contributed by atoms with Gasteiger partial charge in [0.15, 0.2) is 5.11 Å². The smallest absolute Gasteiger partial charge is 0.332 e. The van der Waals surface area contributed by atoms with Gasteiger partial charge in [-0.15, -0.1) is 0 Å². The summed E-state index contributed by atoms with van der Waals surface area (Å²) in [6, 6.07) is 9.13. The number of hydrogen-bond acceptors (Lipinski definition) is 2. The molecule has 0 radical (unpaired) electrons. The van der Waals surface area contributed by atoms with Gasteiger partial charge < -0.3 is 5.32 Å². The fourth-order valence-electron chi connectivity index (χ4n) is 1.71. The van der Waals surface area contributed by atoms with Crippen LogP contribution in [0, 0.1) is 5.82 Å². The van der Waals surface area contributed by atoms with Crippen molar-refractivity contribution in [3.05, 3.63) is 65.5 Å². The molecule has 0 bridgehead atoms. The highest BCUT2D eigenvalue weighted by Gasteiger charge is 2.30. The lowest BCUT2D eigenvalue weighted by Gasteiger charge is -2.12. The second-order valence-corrected chi connectivity index (χ2v) is 4.90. The van der Waals surface area contributed by atoms with Gasteiger partial charge in [0, 0.05) is 11.3 Å². The summed E-state index contributed by atoms with van der Waals surface area (Å²) in [4.78, 5) is 11.8. The number of benzene rings is 2. The average molecular weight is 342 g/mol. The Morgan fingerprint density at radius 3 is 2.30 bits per heavy atom. The van der Waals surface area contributed by atoms with E-state index < -0.39 is 23.5 Å². The first-order valence-electron chi connectivity index (χ1n) is 6.31. The molecular weight excluding hydrogens is 332 g/mol. The van der Waals surface area contributed by atoms with Gasteiger partial charge in [0.1, 0.15) is 5.82 Å². The molecule has 2 rings (SSSR count). The Labute approximate surface area is 134 Å². The van der Waals surface area contributed by atoms with Crippen molar-refractivity contribution in [2.75, 3.05) is 5.32 Å². The fourth-order valence-corrected chi connectivity index (χ4v) is 1.92. The van der Waals surface area contributed by atoms with Crippen LogP contribution >= 0.6 is 12.2 Å². The first kappa shape index (κ1) is 16.9. The highest BCUT2D eigenvalue weighted by atomic mass is 32.1. The zero-order valence-electron chi connectivity index (χ0n) is 11.4. The molecule has 0 atom stereocenters. The van der Waals surface area contributed by atoms with E-state index in [1.165, 1.54) is 24.3 Å². The number of thiocarbonyl (C=S) groups is 1. The van der Waals surface area contributed by atoms with Crippen LogP contribution in [0.3, 0.4) is 0 Å². The lowest BCUT2D eigenvalue weighted by molar-refractivity contribution is -0.137. The Hall–Kier alpha value is -2.48. The minimum atomic E-state index is -4.48. The molecule has 0 aliphatic rings. The van der Waals surface area contributed by atoms with Crippen molar-refractivity contribution in [2.24, 2.45) is 0 Å². The molecule has 3 nitrogen and oxygen atoms in total. The molecule has 0 unspecified atom stereocenters. The first-order chi connectivity index (χ1) is 10.8. The lowest BCUT2D eigenvalue weighted by atomic mass is 10.2. The molecule has 1 amide bonds. The van der Waals surface area contributed by atoms with E-state index in [2.05, 4.69) is 10.6 Å². The zero-order chi connectivity index (χ0) is 17.0. The Balaban J connectivity index is 2.02. The normalized spacial score (nSPS) is 11.0. The number of alkyl halides is 3. The van der Waals surface area contributed by atoms with Crippen molar-refractivity contribution >= 4 is 28.9 Å². The van der Waals surface area contributed by atoms with Gasteiger partial charge in [-0.2, -0.15) is 13.2 Å². The summed E-state index contributed by atoms with van der Waals surface area (Å²) >= 11 is 4.88. The Bertz CT molecular complexity index is 729. The van der Waals surface area contributed by atoms with Crippen LogP contribution in [0.2, 0.25) is 0 Å². The SMILES string of the molecule is O=C(NC(=S)Nc1cccc(C(F)(F)F)c1)c1ccc(F)cc1. The monoisotopic (exact) mass is 342 g/mol. The van der Waals surface area contributed by atoms with Gasteiger partial charge in [0.05, 0.1) is 5.56 Å². The van der Waals surface area contributed by atoms with E-state index in [0.29, 0.717) is 0 Å². The van der Waals surface area contributed by atoms with Gasteiger partial charge in [-0.3, -0.25) is 10.1 Å². The number of carbonyl (C=O) groups excluding carboxylic acids is 1. The minimum Gasteiger partial charge on any atom is -0.332 e. The first-order valence-corrected chi connectivity index (χ1v) is 6.72. The molecule has 23 heavy (non-hydrogen) atoms. The summed E-state index contributed by atoms with van der Waals surface area (Å²) in [6.07, 6.45) is -4.48. The summed E-state index contributed by atoms with van der Waals surface area (Å²) in [5, 5.41) is 4.62. The van der Waals surface area contributed by atoms with Gasteiger partial charge in [0.2, 0.25) is 0 Å². The number of hydrogen-bond donors (Lipinski definition) is 2. The highest BCUT2D eigenvalue weighted by molar-refractivity contribution is 7.80. The van der Waals surface area contributed by atoms with Gasteiger partial charge in [-0.1, -0.05) is 6.07 Å². The van der Waals surface area contributed by atoms with Crippen LogP contribution in [0.4, 0.5) is 23.2 Å². The van der Waals surface area contributed by atoms with Crippen LogP contribution < -0.4 is 10.6 Å². The lowest BCUT2D eigenvalue weighted by Crippen LogP contribution is -2.34. The largest absolute Gasteiger partial charge is 0.416 e. The van der Waals surface area contributed by atoms with Gasteiger partial charge in [0.25, 0.3) is 5.91 Å². The molecule has 0 saturated heterocycles. The van der Waals surface area contributed by atoms with E-state index in [1.807, 2.05) is 0 Å². The summed E-state index contributed by atoms with van der Waals surface area (Å²) in [5.74, 6) is -1.10. The predicted molar refractivity (Wildman–Crippen MR) is 81.5 cm³/mol. The topological polar surface area (TPSA) is 41.1 Å². The molecule has 2 N–H and O–H groups in total. The Morgan fingerprint density at radius 2 is 1.70 bits per heavy atom. The summed E-state index contributed by atoms with van der Waals surface area (Å²) in [5.41, 5.74) is -0.584. The molecule has 2 aromatic carbocycles. The van der Waals surface area contributed by atoms with Crippen molar-refractivity contribution in [2.45, 2.75) is 6.18 Å². The molecule has 0 spiro atoms. The maximum Gasteiger partial charge on any atom is 0.416 e. The van der Waals surface area contributed by atoms with Gasteiger partial charge in [-0.05, 0) is 54.7 Å². The number of anilines is 1. The molecule has 0 fully saturated rings. The molecule has 0 aliphatic heterocycles. The fraction of sp³-hybridized carbons (Fsp3) is 0.0667. The van der Waals surface area contributed by atoms with Crippen molar-refractivity contribution in [3.8, 4) is 0 Å². The van der Waals surface area contributed by atoms with E-state index in [0.717, 1.165) is 24.3 Å². The Kier molecular flexibility index (Phi) is 4.95. The third kappa shape index (κ3) is 4.75. The highest BCUT2D eigenvalue weighted by Crippen LogP contribution is 2.30. The van der Waals surface area contributed by atoms with Crippen LogP contribution in [0.25, 0.3) is 0 Å². The third-order valence-corrected chi connectivity index (χ3v) is 2.99. The number of nitrogens with one attached hydrogen (secondary N) is 2. The summed E-state index contributed by atoms with van der Waals surface area (Å²) in [6.45, 7) is 0. The maximum atomic E-state index is 12.8. The number of amides is 1. The second-order valence-electron chi connectivity index (χ2n) is 4.49. The van der Waals surface area contributed by atoms with Crippen molar-refractivity contribution in [1.82, 2.24) is 5.32 Å². The molecule has 120 valence electrons. The van der Waals surface area contributed by atoms with E-state index in [-0.39, 0.29) is 16.4 Å². The van der Waals surface area contributed by atoms with E-state index in [1.54, 1.807) is 0 Å². The van der Waals surface area contributed by atoms with Crippen LogP contribution in [-0.4, -0.2) is 11.0 Å². The average Bonchev–Trinajstić information content (AvgIpc) is 2.47. The zero-order valence-corrected chi connectivity index (χ0v) is 12.3. The Morgan fingerprint density at radius 1 is 1.04 bits per heavy atom. The van der Waals surface area contributed by atoms with Crippen molar-refractivity contribution < 1.29 is 22.4 Å². The number of rotatable bonds is 2. The van der Waals surface area contributed by atoms with E-state index >= 15 is 0 Å². The number of carbonyl (C=O) groups is 1. The minimum absolute atomic E-state index is 0.0873. The maximum absolute atomic E-state index is 12.8. The van der Waals surface area contributed by atoms with Gasteiger partial charge in [-0.25, -0.2) is 4.39 Å². The molecular formula is C15H10F4N2OS. The molecule has 0 heterocycles. The molecule has 8 heteroatoms. The molecule has 2 aromatic rings. The van der Waals surface area contributed by atoms with Crippen molar-refractivity contribution in [1.29, 1.82) is 0 Å².